The maximum absolute atomic E-state index is 14.4. The summed E-state index contributed by atoms with van der Waals surface area (Å²) in [5, 5.41) is 9.28. The molecule has 7 nitrogen and oxygen atoms in total. The number of nitrogens with zero attached hydrogens (tertiary/aromatic N) is 4. The van der Waals surface area contributed by atoms with Crippen LogP contribution in [0.25, 0.3) is 21.9 Å². The lowest BCUT2D eigenvalue weighted by Crippen LogP contribution is -2.37. The van der Waals surface area contributed by atoms with Crippen LogP contribution in [0.2, 0.25) is 0 Å². The predicted molar refractivity (Wildman–Crippen MR) is 130 cm³/mol. The molecule has 1 aromatic carbocycles. The fourth-order valence-corrected chi connectivity index (χ4v) is 5.63. The van der Waals surface area contributed by atoms with Crippen molar-refractivity contribution in [2.45, 2.75) is 58.4 Å². The molecule has 3 heterocycles. The quantitative estimate of drug-likeness (QED) is 0.440. The van der Waals surface area contributed by atoms with Crippen LogP contribution in [-0.2, 0) is 11.2 Å². The Hall–Kier alpha value is -3.40. The molecule has 0 aliphatic heterocycles. The maximum Gasteiger partial charge on any atom is 0.268 e. The number of thiazole rings is 1. The van der Waals surface area contributed by atoms with E-state index in [2.05, 4.69) is 15.4 Å². The van der Waals surface area contributed by atoms with Crippen LogP contribution in [0.3, 0.4) is 0 Å². The van der Waals surface area contributed by atoms with Crippen molar-refractivity contribution in [3.05, 3.63) is 68.7 Å². The van der Waals surface area contributed by atoms with E-state index in [1.807, 2.05) is 0 Å². The molecule has 0 atom stereocenters. The van der Waals surface area contributed by atoms with Crippen molar-refractivity contribution in [3.8, 4) is 16.9 Å². The lowest BCUT2D eigenvalue weighted by Gasteiger charge is -2.22. The number of carbonyl (C=O) groups is 1. The molecular weight excluding hydrogens is 472 g/mol. The minimum Gasteiger partial charge on any atom is -0.353 e. The third-order valence-electron chi connectivity index (χ3n) is 6.41. The molecule has 182 valence electrons. The van der Waals surface area contributed by atoms with Gasteiger partial charge < -0.3 is 5.32 Å². The molecule has 4 aromatic rings. The summed E-state index contributed by atoms with van der Waals surface area (Å²) < 4.78 is 30.8. The molecule has 1 saturated carbocycles. The van der Waals surface area contributed by atoms with Gasteiger partial charge in [-0.1, -0.05) is 19.3 Å². The Morgan fingerprint density at radius 2 is 1.94 bits per heavy atom. The van der Waals surface area contributed by atoms with E-state index in [1.54, 1.807) is 25.3 Å². The lowest BCUT2D eigenvalue weighted by atomic mass is 9.95. The van der Waals surface area contributed by atoms with Crippen molar-refractivity contribution in [2.24, 2.45) is 0 Å². The van der Waals surface area contributed by atoms with Gasteiger partial charge in [-0.3, -0.25) is 14.0 Å². The van der Waals surface area contributed by atoms with Gasteiger partial charge in [-0.15, -0.1) is 11.3 Å². The number of fused-ring (bicyclic) bond motifs is 1. The molecule has 0 bridgehead atoms. The number of carbonyl (C=O) groups excluding carboxylic acids is 1. The van der Waals surface area contributed by atoms with Gasteiger partial charge in [0, 0.05) is 28.9 Å². The first-order valence-electron chi connectivity index (χ1n) is 11.6. The third kappa shape index (κ3) is 4.50. The van der Waals surface area contributed by atoms with Gasteiger partial charge in [0.25, 0.3) is 5.56 Å². The molecule has 10 heteroatoms. The van der Waals surface area contributed by atoms with E-state index in [9.17, 15) is 18.4 Å². The van der Waals surface area contributed by atoms with Crippen molar-refractivity contribution >= 4 is 22.2 Å². The van der Waals surface area contributed by atoms with Crippen LogP contribution in [0.5, 0.6) is 0 Å². The molecule has 1 aliphatic rings. The molecule has 1 aliphatic carbocycles. The van der Waals surface area contributed by atoms with Crippen LogP contribution < -0.4 is 10.9 Å². The fourth-order valence-electron chi connectivity index (χ4n) is 4.70. The highest BCUT2D eigenvalue weighted by Crippen LogP contribution is 2.25. The Morgan fingerprint density at radius 1 is 1.17 bits per heavy atom. The first kappa shape index (κ1) is 23.3. The average molecular weight is 498 g/mol. The minimum atomic E-state index is -0.629. The van der Waals surface area contributed by atoms with Crippen molar-refractivity contribution in [2.75, 3.05) is 0 Å². The van der Waals surface area contributed by atoms with E-state index in [0.29, 0.717) is 27.7 Å². The van der Waals surface area contributed by atoms with Gasteiger partial charge in [0.2, 0.25) is 5.91 Å². The SMILES string of the molecule is Cc1nc2scc(CC(=O)NC3CCCCC3)n2c(=O)c1-c1cc(C)n(-c2cc(F)ccc2F)n1. The van der Waals surface area contributed by atoms with Gasteiger partial charge in [0.05, 0.1) is 17.7 Å². The van der Waals surface area contributed by atoms with E-state index in [-0.39, 0.29) is 35.2 Å². The summed E-state index contributed by atoms with van der Waals surface area (Å²) in [6.45, 7) is 3.41. The van der Waals surface area contributed by atoms with Gasteiger partial charge in [0.1, 0.15) is 23.0 Å². The number of aromatic nitrogens is 4. The van der Waals surface area contributed by atoms with E-state index in [0.717, 1.165) is 43.9 Å². The minimum absolute atomic E-state index is 0.0452. The first-order valence-corrected chi connectivity index (χ1v) is 12.5. The zero-order valence-corrected chi connectivity index (χ0v) is 20.3. The van der Waals surface area contributed by atoms with E-state index in [1.165, 1.54) is 26.8 Å². The Kier molecular flexibility index (Phi) is 6.22. The van der Waals surface area contributed by atoms with Crippen LogP contribution >= 0.6 is 11.3 Å². The molecule has 0 spiro atoms. The molecule has 3 aromatic heterocycles. The Bertz CT molecular complexity index is 1480. The number of benzene rings is 1. The molecule has 1 amide bonds. The van der Waals surface area contributed by atoms with E-state index < -0.39 is 11.6 Å². The topological polar surface area (TPSA) is 81.3 Å². The highest BCUT2D eigenvalue weighted by molar-refractivity contribution is 7.15. The van der Waals surface area contributed by atoms with E-state index >= 15 is 0 Å². The second-order valence-electron chi connectivity index (χ2n) is 8.98. The van der Waals surface area contributed by atoms with Crippen LogP contribution in [0.4, 0.5) is 8.78 Å². The van der Waals surface area contributed by atoms with Crippen molar-refractivity contribution < 1.29 is 13.6 Å². The smallest absolute Gasteiger partial charge is 0.268 e. The van der Waals surface area contributed by atoms with Crippen LogP contribution in [0, 0.1) is 25.5 Å². The van der Waals surface area contributed by atoms with Gasteiger partial charge >= 0.3 is 0 Å². The summed E-state index contributed by atoms with van der Waals surface area (Å²) in [5.74, 6) is -1.34. The van der Waals surface area contributed by atoms with Crippen LogP contribution in [0.15, 0.2) is 34.4 Å². The Balaban J connectivity index is 1.52. The predicted octanol–water partition coefficient (Wildman–Crippen LogP) is 4.50. The number of halogens is 2. The summed E-state index contributed by atoms with van der Waals surface area (Å²) in [6, 6.07) is 4.96. The summed E-state index contributed by atoms with van der Waals surface area (Å²) >= 11 is 1.30. The summed E-state index contributed by atoms with van der Waals surface area (Å²) in [5.41, 5.74) is 1.73. The largest absolute Gasteiger partial charge is 0.353 e. The molecule has 0 unspecified atom stereocenters. The third-order valence-corrected chi connectivity index (χ3v) is 7.29. The number of hydrogen-bond donors (Lipinski definition) is 1. The zero-order valence-electron chi connectivity index (χ0n) is 19.5. The van der Waals surface area contributed by atoms with E-state index in [4.69, 9.17) is 0 Å². The number of nitrogens with one attached hydrogen (secondary N) is 1. The van der Waals surface area contributed by atoms with Gasteiger partial charge in [-0.25, -0.2) is 18.4 Å². The highest BCUT2D eigenvalue weighted by Gasteiger charge is 2.22. The molecule has 1 N–H and O–H groups in total. The van der Waals surface area contributed by atoms with Crippen molar-refractivity contribution in [1.82, 2.24) is 24.5 Å². The molecule has 0 saturated heterocycles. The van der Waals surface area contributed by atoms with Gasteiger partial charge in [0.15, 0.2) is 4.96 Å². The second kappa shape index (κ2) is 9.33. The fraction of sp³-hybridized carbons (Fsp3) is 0.360. The summed E-state index contributed by atoms with van der Waals surface area (Å²) in [6.07, 6.45) is 5.46. The highest BCUT2D eigenvalue weighted by atomic mass is 32.1. The normalized spacial score (nSPS) is 14.5. The molecule has 0 radical (unpaired) electrons. The van der Waals surface area contributed by atoms with Crippen molar-refractivity contribution in [1.29, 1.82) is 0 Å². The standard InChI is InChI=1S/C25H25F2N5O2S/c1-14-10-20(30-32(14)21-11-16(26)8-9-19(21)27)23-15(2)28-25-31(24(23)34)18(13-35-25)12-22(33)29-17-6-4-3-5-7-17/h8-11,13,17H,3-7,12H2,1-2H3,(H,29,33). The molecule has 1 fully saturated rings. The number of rotatable bonds is 5. The number of hydrogen-bond acceptors (Lipinski definition) is 5. The maximum atomic E-state index is 14.4. The van der Waals surface area contributed by atoms with Crippen LogP contribution in [-0.4, -0.2) is 31.1 Å². The Morgan fingerprint density at radius 3 is 2.71 bits per heavy atom. The summed E-state index contributed by atoms with van der Waals surface area (Å²) in [7, 11) is 0. The summed E-state index contributed by atoms with van der Waals surface area (Å²) in [4.78, 5) is 31.3. The van der Waals surface area contributed by atoms with Gasteiger partial charge in [-0.05, 0) is 44.9 Å². The second-order valence-corrected chi connectivity index (χ2v) is 9.82. The first-order chi connectivity index (χ1) is 16.8. The van der Waals surface area contributed by atoms with Gasteiger partial charge in [-0.2, -0.15) is 5.10 Å². The van der Waals surface area contributed by atoms with Crippen molar-refractivity contribution in [3.63, 3.8) is 0 Å². The lowest BCUT2D eigenvalue weighted by molar-refractivity contribution is -0.121. The number of amides is 1. The molecular formula is C25H25F2N5O2S. The molecule has 5 rings (SSSR count). The average Bonchev–Trinajstić information content (AvgIpc) is 3.39. The van der Waals surface area contributed by atoms with Crippen LogP contribution in [0.1, 0.15) is 49.2 Å². The monoisotopic (exact) mass is 497 g/mol. The number of aryl methyl sites for hydroxylation is 2. The Labute approximate surface area is 204 Å². The zero-order chi connectivity index (χ0) is 24.7. The molecule has 35 heavy (non-hydrogen) atoms.